The van der Waals surface area contributed by atoms with Crippen LogP contribution in [0.3, 0.4) is 0 Å². The van der Waals surface area contributed by atoms with E-state index < -0.39 is 11.9 Å². The van der Waals surface area contributed by atoms with E-state index in [0.29, 0.717) is 12.4 Å². The third-order valence-corrected chi connectivity index (χ3v) is 4.49. The minimum atomic E-state index is -0.451. The van der Waals surface area contributed by atoms with Crippen molar-refractivity contribution in [2.45, 2.75) is 70.6 Å². The molecule has 0 aliphatic rings. The molecule has 0 unspecified atom stereocenters. The molecule has 0 saturated heterocycles. The fourth-order valence-corrected chi connectivity index (χ4v) is 2.61. The third-order valence-electron chi connectivity index (χ3n) is 4.49. The summed E-state index contributed by atoms with van der Waals surface area (Å²) in [5, 5.41) is 0. The molecule has 0 aliphatic heterocycles. The zero-order valence-electron chi connectivity index (χ0n) is 20.2. The zero-order chi connectivity index (χ0) is 24.4. The standard InChI is InChI=1S/C28H42O5/c1-4-7-10-13-15-18-23-31-26(20-17-12-9-6-3)25-33-28(30)22-21-27(29)32-24-19-16-14-11-8-5-2/h4-6,15-16,18-20H,1-3,7-14,17,21-25H2/b18-15+,19-16+,26-20+. The lowest BCUT2D eigenvalue weighted by Crippen LogP contribution is -2.12. The summed E-state index contributed by atoms with van der Waals surface area (Å²) in [6.45, 7) is 11.8. The van der Waals surface area contributed by atoms with Gasteiger partial charge in [-0.2, -0.15) is 0 Å². The lowest BCUT2D eigenvalue weighted by molar-refractivity contribution is -0.149. The third kappa shape index (κ3) is 22.2. The maximum atomic E-state index is 12.0. The smallest absolute Gasteiger partial charge is 0.306 e. The summed E-state index contributed by atoms with van der Waals surface area (Å²) < 4.78 is 16.1. The monoisotopic (exact) mass is 458 g/mol. The van der Waals surface area contributed by atoms with Crippen LogP contribution in [-0.2, 0) is 23.8 Å². The Labute approximate surface area is 200 Å². The number of esters is 2. The molecule has 33 heavy (non-hydrogen) atoms. The Balaban J connectivity index is 4.22. The highest BCUT2D eigenvalue weighted by Crippen LogP contribution is 2.07. The Morgan fingerprint density at radius 3 is 1.61 bits per heavy atom. The molecule has 0 atom stereocenters. The normalized spacial score (nSPS) is 11.5. The van der Waals surface area contributed by atoms with Crippen molar-refractivity contribution in [3.8, 4) is 0 Å². The fraction of sp³-hybridized carbons (Fsp3) is 0.500. The van der Waals surface area contributed by atoms with E-state index in [1.54, 1.807) is 0 Å². The van der Waals surface area contributed by atoms with Gasteiger partial charge in [0.2, 0.25) is 0 Å². The lowest BCUT2D eigenvalue weighted by atomic mass is 10.2. The fourth-order valence-electron chi connectivity index (χ4n) is 2.61. The van der Waals surface area contributed by atoms with Gasteiger partial charge in [0.15, 0.2) is 0 Å². The molecule has 0 aromatic heterocycles. The van der Waals surface area contributed by atoms with Gasteiger partial charge in [-0.1, -0.05) is 42.5 Å². The second kappa shape index (κ2) is 23.8. The van der Waals surface area contributed by atoms with E-state index in [1.807, 2.05) is 42.5 Å². The van der Waals surface area contributed by atoms with Crippen LogP contribution in [0.4, 0.5) is 0 Å². The minimum Gasteiger partial charge on any atom is -0.491 e. The molecule has 0 radical (unpaired) electrons. The topological polar surface area (TPSA) is 61.8 Å². The van der Waals surface area contributed by atoms with E-state index in [9.17, 15) is 9.59 Å². The summed E-state index contributed by atoms with van der Waals surface area (Å²) in [5.74, 6) is -0.250. The second-order valence-electron chi connectivity index (χ2n) is 7.43. The molecule has 5 heteroatoms. The summed E-state index contributed by atoms with van der Waals surface area (Å²) >= 11 is 0. The van der Waals surface area contributed by atoms with E-state index >= 15 is 0 Å². The molecule has 0 N–H and O–H groups in total. The first kappa shape index (κ1) is 30.2. The zero-order valence-corrected chi connectivity index (χ0v) is 20.2. The molecule has 0 amide bonds. The number of allylic oxidation sites excluding steroid dienone is 6. The molecule has 0 aliphatic carbocycles. The molecule has 0 heterocycles. The van der Waals surface area contributed by atoms with Gasteiger partial charge in [0.05, 0.1) is 12.8 Å². The van der Waals surface area contributed by atoms with Crippen molar-refractivity contribution in [2.24, 2.45) is 0 Å². The van der Waals surface area contributed by atoms with E-state index in [-0.39, 0.29) is 26.1 Å². The van der Waals surface area contributed by atoms with Crippen LogP contribution in [0.25, 0.3) is 0 Å². The minimum absolute atomic E-state index is 0.00414. The van der Waals surface area contributed by atoms with E-state index in [1.165, 1.54) is 0 Å². The lowest BCUT2D eigenvalue weighted by Gasteiger charge is -2.10. The molecule has 0 saturated carbocycles. The van der Waals surface area contributed by atoms with E-state index in [0.717, 1.165) is 57.8 Å². The highest BCUT2D eigenvalue weighted by atomic mass is 16.6. The van der Waals surface area contributed by atoms with Crippen LogP contribution in [-0.4, -0.2) is 31.8 Å². The van der Waals surface area contributed by atoms with Gasteiger partial charge in [0, 0.05) is 0 Å². The Morgan fingerprint density at radius 1 is 0.576 bits per heavy atom. The van der Waals surface area contributed by atoms with Crippen LogP contribution < -0.4 is 0 Å². The van der Waals surface area contributed by atoms with Crippen molar-refractivity contribution < 1.29 is 23.8 Å². The van der Waals surface area contributed by atoms with Crippen molar-refractivity contribution >= 4 is 11.9 Å². The van der Waals surface area contributed by atoms with Crippen molar-refractivity contribution in [2.75, 3.05) is 19.8 Å². The van der Waals surface area contributed by atoms with Crippen LogP contribution in [0.1, 0.15) is 70.6 Å². The number of hydrogen-bond acceptors (Lipinski definition) is 5. The van der Waals surface area contributed by atoms with Gasteiger partial charge in [-0.25, -0.2) is 0 Å². The van der Waals surface area contributed by atoms with Gasteiger partial charge in [-0.05, 0) is 63.9 Å². The van der Waals surface area contributed by atoms with Crippen molar-refractivity contribution in [1.29, 1.82) is 0 Å². The van der Waals surface area contributed by atoms with Crippen LogP contribution in [0.5, 0.6) is 0 Å². The largest absolute Gasteiger partial charge is 0.491 e. The summed E-state index contributed by atoms with van der Waals surface area (Å²) in [7, 11) is 0. The predicted molar refractivity (Wildman–Crippen MR) is 136 cm³/mol. The average Bonchev–Trinajstić information content (AvgIpc) is 2.82. The van der Waals surface area contributed by atoms with Crippen LogP contribution in [0.2, 0.25) is 0 Å². The Morgan fingerprint density at radius 2 is 1.06 bits per heavy atom. The molecule has 5 nitrogen and oxygen atoms in total. The van der Waals surface area contributed by atoms with Gasteiger partial charge < -0.3 is 14.2 Å². The van der Waals surface area contributed by atoms with Crippen LogP contribution in [0, 0.1) is 0 Å². The Kier molecular flexibility index (Phi) is 21.8. The van der Waals surface area contributed by atoms with Crippen molar-refractivity contribution in [3.63, 3.8) is 0 Å². The molecule has 0 spiro atoms. The number of carbonyl (C=O) groups excluding carboxylic acids is 2. The molecule has 184 valence electrons. The highest BCUT2D eigenvalue weighted by molar-refractivity contribution is 5.77. The van der Waals surface area contributed by atoms with Gasteiger partial charge in [-0.3, -0.25) is 9.59 Å². The first-order chi connectivity index (χ1) is 16.1. The molecule has 0 fully saturated rings. The predicted octanol–water partition coefficient (Wildman–Crippen LogP) is 6.93. The van der Waals surface area contributed by atoms with E-state index in [2.05, 4.69) is 25.8 Å². The molecule has 0 aromatic rings. The summed E-state index contributed by atoms with van der Waals surface area (Å²) in [4.78, 5) is 23.8. The number of ether oxygens (including phenoxy) is 3. The highest BCUT2D eigenvalue weighted by Gasteiger charge is 2.10. The molecule has 0 rings (SSSR count). The second-order valence-corrected chi connectivity index (χ2v) is 7.43. The van der Waals surface area contributed by atoms with Gasteiger partial charge in [0.1, 0.15) is 25.6 Å². The Bertz CT molecular complexity index is 643. The van der Waals surface area contributed by atoms with Crippen molar-refractivity contribution in [3.05, 3.63) is 74.1 Å². The first-order valence-corrected chi connectivity index (χ1v) is 11.9. The molecular formula is C28H42O5. The number of unbranched alkanes of at least 4 members (excludes halogenated alkanes) is 6. The first-order valence-electron chi connectivity index (χ1n) is 11.9. The summed E-state index contributed by atoms with van der Waals surface area (Å²) in [6.07, 6.45) is 24.1. The maximum Gasteiger partial charge on any atom is 0.306 e. The number of hydrogen-bond donors (Lipinski definition) is 0. The summed E-state index contributed by atoms with van der Waals surface area (Å²) in [5.41, 5.74) is 0. The Hall–Kier alpha value is -2.82. The number of rotatable bonds is 22. The SMILES string of the molecule is C=CCCC/C=C/COC(=O)CCC(=O)OC/C(=C\CCCC=C)OC/C=C/CCCC=C. The van der Waals surface area contributed by atoms with Gasteiger partial charge in [0.25, 0.3) is 0 Å². The average molecular weight is 459 g/mol. The maximum absolute atomic E-state index is 12.0. The van der Waals surface area contributed by atoms with E-state index in [4.69, 9.17) is 14.2 Å². The van der Waals surface area contributed by atoms with Crippen LogP contribution in [0.15, 0.2) is 74.1 Å². The molecule has 0 aromatic carbocycles. The van der Waals surface area contributed by atoms with Gasteiger partial charge >= 0.3 is 11.9 Å². The summed E-state index contributed by atoms with van der Waals surface area (Å²) in [6, 6.07) is 0. The van der Waals surface area contributed by atoms with Crippen LogP contribution >= 0.6 is 0 Å². The van der Waals surface area contributed by atoms with Gasteiger partial charge in [-0.15, -0.1) is 19.7 Å². The number of carbonyl (C=O) groups is 2. The quantitative estimate of drug-likeness (QED) is 0.0761. The van der Waals surface area contributed by atoms with Crippen molar-refractivity contribution in [1.82, 2.24) is 0 Å². The molecule has 0 bridgehead atoms. The molecular weight excluding hydrogens is 416 g/mol.